The van der Waals surface area contributed by atoms with Crippen LogP contribution in [0.3, 0.4) is 0 Å². The summed E-state index contributed by atoms with van der Waals surface area (Å²) in [5.41, 5.74) is 3.51. The van der Waals surface area contributed by atoms with Crippen LogP contribution in [0.5, 0.6) is 5.75 Å². The fraction of sp³-hybridized carbons (Fsp3) is 0.217. The van der Waals surface area contributed by atoms with Crippen LogP contribution in [0.2, 0.25) is 0 Å². The largest absolute Gasteiger partial charge is 0.497 e. The van der Waals surface area contributed by atoms with Gasteiger partial charge in [0.05, 0.1) is 19.3 Å². The van der Waals surface area contributed by atoms with Crippen molar-refractivity contribution in [2.45, 2.75) is 19.7 Å². The zero-order valence-corrected chi connectivity index (χ0v) is 17.0. The number of anilines is 2. The number of pyridine rings is 1. The molecule has 1 amide bonds. The van der Waals surface area contributed by atoms with E-state index in [2.05, 4.69) is 10.3 Å². The molecule has 1 atom stereocenters. The number of halogens is 1. The zero-order chi connectivity index (χ0) is 21.3. The van der Waals surface area contributed by atoms with Crippen molar-refractivity contribution in [3.8, 4) is 5.75 Å². The maximum Gasteiger partial charge on any atom is 0.257 e. The number of methoxy groups -OCH3 is 2. The molecular weight excluding hydrogens is 385 g/mol. The van der Waals surface area contributed by atoms with Crippen LogP contribution in [0, 0.1) is 12.7 Å². The van der Waals surface area contributed by atoms with E-state index >= 15 is 0 Å². The molecule has 0 saturated carbocycles. The molecule has 0 aliphatic carbocycles. The number of carbonyl (C=O) groups excluding carboxylic acids is 1. The summed E-state index contributed by atoms with van der Waals surface area (Å²) in [5, 5.41) is 3.06. The van der Waals surface area contributed by atoms with E-state index < -0.39 is 6.17 Å². The van der Waals surface area contributed by atoms with E-state index in [9.17, 15) is 9.18 Å². The van der Waals surface area contributed by atoms with Crippen molar-refractivity contribution >= 4 is 17.4 Å². The fourth-order valence-corrected chi connectivity index (χ4v) is 3.69. The van der Waals surface area contributed by atoms with Crippen molar-refractivity contribution < 1.29 is 18.7 Å². The number of fused-ring (bicyclic) bond motifs is 1. The summed E-state index contributed by atoms with van der Waals surface area (Å²) in [7, 11) is 3.18. The lowest BCUT2D eigenvalue weighted by Crippen LogP contribution is -2.45. The first-order valence-electron chi connectivity index (χ1n) is 9.51. The SMILES string of the molecule is COCc1cc(C)nc2c1C(=O)NC(c1ccc(OC)cc1)N2c1ccc(F)cc1. The van der Waals surface area contributed by atoms with Crippen LogP contribution in [0.4, 0.5) is 15.9 Å². The fourth-order valence-electron chi connectivity index (χ4n) is 3.69. The first kappa shape index (κ1) is 19.8. The molecule has 30 heavy (non-hydrogen) atoms. The molecule has 3 aromatic rings. The van der Waals surface area contributed by atoms with Gasteiger partial charge in [-0.05, 0) is 60.5 Å². The number of ether oxygens (including phenoxy) is 2. The lowest BCUT2D eigenvalue weighted by Gasteiger charge is -2.39. The minimum Gasteiger partial charge on any atom is -0.497 e. The lowest BCUT2D eigenvalue weighted by molar-refractivity contribution is 0.0923. The van der Waals surface area contributed by atoms with Gasteiger partial charge in [0.15, 0.2) is 0 Å². The quantitative estimate of drug-likeness (QED) is 0.685. The second-order valence-corrected chi connectivity index (χ2v) is 7.05. The number of rotatable bonds is 5. The third-order valence-electron chi connectivity index (χ3n) is 5.03. The molecule has 0 spiro atoms. The lowest BCUT2D eigenvalue weighted by atomic mass is 10.0. The van der Waals surface area contributed by atoms with E-state index in [-0.39, 0.29) is 18.3 Å². The van der Waals surface area contributed by atoms with Crippen molar-refractivity contribution in [3.05, 3.63) is 82.8 Å². The van der Waals surface area contributed by atoms with Gasteiger partial charge in [0.25, 0.3) is 5.91 Å². The van der Waals surface area contributed by atoms with E-state index in [4.69, 9.17) is 9.47 Å². The predicted molar refractivity (Wildman–Crippen MR) is 111 cm³/mol. The highest BCUT2D eigenvalue weighted by Crippen LogP contribution is 2.40. The molecule has 6 nitrogen and oxygen atoms in total. The number of benzene rings is 2. The highest BCUT2D eigenvalue weighted by molar-refractivity contribution is 6.03. The molecule has 1 N–H and O–H groups in total. The second kappa shape index (κ2) is 8.12. The summed E-state index contributed by atoms with van der Waals surface area (Å²) in [6.07, 6.45) is -0.522. The highest BCUT2D eigenvalue weighted by Gasteiger charge is 2.36. The van der Waals surface area contributed by atoms with Crippen molar-refractivity contribution in [1.29, 1.82) is 0 Å². The number of aromatic nitrogens is 1. The molecule has 0 fully saturated rings. The topological polar surface area (TPSA) is 63.7 Å². The molecule has 2 heterocycles. The van der Waals surface area contributed by atoms with Crippen LogP contribution in [0.1, 0.15) is 33.3 Å². The Morgan fingerprint density at radius 2 is 1.80 bits per heavy atom. The van der Waals surface area contributed by atoms with Crippen LogP contribution >= 0.6 is 0 Å². The minimum absolute atomic E-state index is 0.233. The van der Waals surface area contributed by atoms with E-state index in [1.807, 2.05) is 42.2 Å². The van der Waals surface area contributed by atoms with E-state index in [0.29, 0.717) is 22.8 Å². The molecular formula is C23H22FN3O3. The second-order valence-electron chi connectivity index (χ2n) is 7.05. The maximum atomic E-state index is 13.6. The Morgan fingerprint density at radius 3 is 2.43 bits per heavy atom. The molecule has 154 valence electrons. The molecule has 0 bridgehead atoms. The van der Waals surface area contributed by atoms with Crippen LogP contribution in [-0.2, 0) is 11.3 Å². The maximum absolute atomic E-state index is 13.6. The number of hydrogen-bond acceptors (Lipinski definition) is 5. The van der Waals surface area contributed by atoms with Crippen molar-refractivity contribution in [2.75, 3.05) is 19.1 Å². The Bertz CT molecular complexity index is 1070. The van der Waals surface area contributed by atoms with Gasteiger partial charge >= 0.3 is 0 Å². The first-order chi connectivity index (χ1) is 14.5. The average molecular weight is 407 g/mol. The number of nitrogens with one attached hydrogen (secondary N) is 1. The average Bonchev–Trinajstić information content (AvgIpc) is 2.74. The van der Waals surface area contributed by atoms with Crippen molar-refractivity contribution in [1.82, 2.24) is 10.3 Å². The number of nitrogens with zero attached hydrogens (tertiary/aromatic N) is 2. The van der Waals surface area contributed by atoms with Gasteiger partial charge in [0, 0.05) is 18.5 Å². The Morgan fingerprint density at radius 1 is 1.10 bits per heavy atom. The molecule has 7 heteroatoms. The van der Waals surface area contributed by atoms with Gasteiger partial charge in [-0.3, -0.25) is 4.79 Å². The van der Waals surface area contributed by atoms with Crippen LogP contribution in [-0.4, -0.2) is 25.1 Å². The van der Waals surface area contributed by atoms with Crippen molar-refractivity contribution in [2.24, 2.45) is 0 Å². The summed E-state index contributed by atoms with van der Waals surface area (Å²) in [5.74, 6) is 0.659. The molecule has 0 radical (unpaired) electrons. The van der Waals surface area contributed by atoms with E-state index in [1.165, 1.54) is 12.1 Å². The number of hydrogen-bond donors (Lipinski definition) is 1. The summed E-state index contributed by atoms with van der Waals surface area (Å²) in [6.45, 7) is 2.15. The standard InChI is InChI=1S/C23H22FN3O3/c1-14-12-16(13-29-2)20-22(25-14)27(18-8-6-17(24)7-9-18)21(26-23(20)28)15-4-10-19(30-3)11-5-15/h4-12,21H,13H2,1-3H3,(H,26,28). The molecule has 2 aromatic carbocycles. The first-order valence-corrected chi connectivity index (χ1v) is 9.51. The molecule has 1 aromatic heterocycles. The van der Waals surface area contributed by atoms with Gasteiger partial charge in [0.2, 0.25) is 0 Å². The van der Waals surface area contributed by atoms with E-state index in [1.54, 1.807) is 26.4 Å². The smallest absolute Gasteiger partial charge is 0.257 e. The van der Waals surface area contributed by atoms with Gasteiger partial charge in [0.1, 0.15) is 23.6 Å². The van der Waals surface area contributed by atoms with Crippen LogP contribution in [0.25, 0.3) is 0 Å². The normalized spacial score (nSPS) is 15.5. The molecule has 4 rings (SSSR count). The highest BCUT2D eigenvalue weighted by atomic mass is 19.1. The monoisotopic (exact) mass is 407 g/mol. The molecule has 1 aliphatic heterocycles. The Kier molecular flexibility index (Phi) is 5.37. The number of aryl methyl sites for hydroxylation is 1. The third kappa shape index (κ3) is 3.59. The van der Waals surface area contributed by atoms with Gasteiger partial charge in [-0.25, -0.2) is 9.37 Å². The summed E-state index contributed by atoms with van der Waals surface area (Å²) < 4.78 is 24.2. The molecule has 1 unspecified atom stereocenters. The Labute approximate surface area is 174 Å². The summed E-state index contributed by atoms with van der Waals surface area (Å²) >= 11 is 0. The Balaban J connectivity index is 1.91. The summed E-state index contributed by atoms with van der Waals surface area (Å²) in [6, 6.07) is 15.4. The number of amides is 1. The molecule has 1 aliphatic rings. The van der Waals surface area contributed by atoms with Crippen LogP contribution < -0.4 is 15.0 Å². The Hall–Kier alpha value is -3.45. The van der Waals surface area contributed by atoms with Crippen LogP contribution in [0.15, 0.2) is 54.6 Å². The van der Waals surface area contributed by atoms with Gasteiger partial charge < -0.3 is 19.7 Å². The zero-order valence-electron chi connectivity index (χ0n) is 17.0. The van der Waals surface area contributed by atoms with Crippen molar-refractivity contribution in [3.63, 3.8) is 0 Å². The minimum atomic E-state index is -0.522. The van der Waals surface area contributed by atoms with Gasteiger partial charge in [-0.15, -0.1) is 0 Å². The number of carbonyl (C=O) groups is 1. The third-order valence-corrected chi connectivity index (χ3v) is 5.03. The summed E-state index contributed by atoms with van der Waals surface area (Å²) in [4.78, 5) is 19.7. The molecule has 0 saturated heterocycles. The predicted octanol–water partition coefficient (Wildman–Crippen LogP) is 4.26. The van der Waals surface area contributed by atoms with Gasteiger partial charge in [-0.1, -0.05) is 12.1 Å². The van der Waals surface area contributed by atoms with E-state index in [0.717, 1.165) is 16.8 Å². The van der Waals surface area contributed by atoms with Gasteiger partial charge in [-0.2, -0.15) is 0 Å².